The van der Waals surface area contributed by atoms with Crippen LogP contribution in [0.25, 0.3) is 0 Å². The van der Waals surface area contributed by atoms with Crippen molar-refractivity contribution < 1.29 is 29.2 Å². The Hall–Kier alpha value is -1.83. The summed E-state index contributed by atoms with van der Waals surface area (Å²) in [6.07, 6.45) is 0.552. The number of rotatable bonds is 2. The number of hydrogen-bond acceptors (Lipinski definition) is 6. The molecule has 158 valence electrons. The highest BCUT2D eigenvalue weighted by Crippen LogP contribution is 2.68. The molecule has 0 spiro atoms. The molecule has 29 heavy (non-hydrogen) atoms. The Morgan fingerprint density at radius 2 is 1.97 bits per heavy atom. The maximum Gasteiger partial charge on any atom is 0.257 e. The highest BCUT2D eigenvalue weighted by atomic mass is 16.5. The topological polar surface area (TPSA) is 88.5 Å². The number of benzene rings is 1. The molecular formula is C22H29NO6. The summed E-state index contributed by atoms with van der Waals surface area (Å²) in [4.78, 5) is 14.7. The lowest BCUT2D eigenvalue weighted by Crippen LogP contribution is -2.72. The minimum Gasteiger partial charge on any atom is -0.507 e. The summed E-state index contributed by atoms with van der Waals surface area (Å²) in [5.74, 6) is 0.603. The third-order valence-electron chi connectivity index (χ3n) is 7.94. The molecule has 7 nitrogen and oxygen atoms in total. The standard InChI is InChI=1S/C22H29NO6/c1-21(2)12-10-15(21)22(26)16(11-12)29-14-5-4-13(18(24)17(14)19(22)27-3)20(25)23-6-8-28-9-7-23/h4-5,12,15-16,19,24,26H,6-11H2,1-3H3/t12-,15-,16-,19+,22-/m1/s1. The maximum atomic E-state index is 13.0. The van der Waals surface area contributed by atoms with Crippen LogP contribution in [0, 0.1) is 17.3 Å². The third-order valence-corrected chi connectivity index (χ3v) is 7.94. The van der Waals surface area contributed by atoms with Crippen LogP contribution in [0.2, 0.25) is 0 Å². The maximum absolute atomic E-state index is 13.0. The van der Waals surface area contributed by atoms with Gasteiger partial charge in [-0.2, -0.15) is 0 Å². The van der Waals surface area contributed by atoms with E-state index in [4.69, 9.17) is 14.2 Å². The summed E-state index contributed by atoms with van der Waals surface area (Å²) in [6, 6.07) is 3.33. The molecule has 2 bridgehead atoms. The summed E-state index contributed by atoms with van der Waals surface area (Å²) in [5, 5.41) is 23.0. The fourth-order valence-corrected chi connectivity index (χ4v) is 6.11. The van der Waals surface area contributed by atoms with Crippen LogP contribution in [0.15, 0.2) is 12.1 Å². The average molecular weight is 403 g/mol. The number of phenols is 1. The quantitative estimate of drug-likeness (QED) is 0.786. The third kappa shape index (κ3) is 2.44. The van der Waals surface area contributed by atoms with Crippen molar-refractivity contribution in [2.45, 2.75) is 44.5 Å². The monoisotopic (exact) mass is 403 g/mol. The normalized spacial score (nSPS) is 37.0. The van der Waals surface area contributed by atoms with Crippen molar-refractivity contribution in [2.24, 2.45) is 17.3 Å². The zero-order valence-electron chi connectivity index (χ0n) is 17.2. The van der Waals surface area contributed by atoms with Crippen molar-refractivity contribution in [1.29, 1.82) is 0 Å². The summed E-state index contributed by atoms with van der Waals surface area (Å²) in [7, 11) is 1.54. The molecule has 6 rings (SSSR count). The van der Waals surface area contributed by atoms with Gasteiger partial charge in [-0.1, -0.05) is 13.8 Å². The van der Waals surface area contributed by atoms with Crippen molar-refractivity contribution in [2.75, 3.05) is 33.4 Å². The van der Waals surface area contributed by atoms with Crippen molar-refractivity contribution in [3.63, 3.8) is 0 Å². The first-order chi connectivity index (χ1) is 13.8. The smallest absolute Gasteiger partial charge is 0.257 e. The van der Waals surface area contributed by atoms with Crippen molar-refractivity contribution >= 4 is 5.91 Å². The van der Waals surface area contributed by atoms with Gasteiger partial charge in [0.1, 0.15) is 29.3 Å². The van der Waals surface area contributed by atoms with Gasteiger partial charge in [-0.25, -0.2) is 0 Å². The molecule has 1 aromatic carbocycles. The van der Waals surface area contributed by atoms with Crippen LogP contribution in [0.1, 0.15) is 48.7 Å². The fraction of sp³-hybridized carbons (Fsp3) is 0.682. The predicted octanol–water partition coefficient (Wildman–Crippen LogP) is 2.11. The molecule has 1 saturated heterocycles. The van der Waals surface area contributed by atoms with Gasteiger partial charge in [0, 0.05) is 20.2 Å². The molecule has 7 heteroatoms. The van der Waals surface area contributed by atoms with E-state index in [0.29, 0.717) is 43.5 Å². The van der Waals surface area contributed by atoms with Gasteiger partial charge >= 0.3 is 0 Å². The van der Waals surface area contributed by atoms with Crippen LogP contribution in [0.3, 0.4) is 0 Å². The highest BCUT2D eigenvalue weighted by Gasteiger charge is 2.70. The first-order valence-corrected chi connectivity index (χ1v) is 10.4. The van der Waals surface area contributed by atoms with E-state index in [9.17, 15) is 15.0 Å². The van der Waals surface area contributed by atoms with Gasteiger partial charge in [-0.05, 0) is 42.2 Å². The van der Waals surface area contributed by atoms with Crippen LogP contribution >= 0.6 is 0 Å². The van der Waals surface area contributed by atoms with E-state index in [0.717, 1.165) is 12.8 Å². The molecule has 3 aliphatic carbocycles. The molecule has 0 aromatic heterocycles. The van der Waals surface area contributed by atoms with Gasteiger partial charge in [0.25, 0.3) is 5.91 Å². The lowest BCUT2D eigenvalue weighted by molar-refractivity contribution is -0.293. The largest absolute Gasteiger partial charge is 0.507 e. The zero-order chi connectivity index (χ0) is 20.6. The predicted molar refractivity (Wildman–Crippen MR) is 104 cm³/mol. The van der Waals surface area contributed by atoms with Crippen LogP contribution in [0.4, 0.5) is 0 Å². The number of phenolic OH excluding ortho intramolecular Hbond substituents is 1. The van der Waals surface area contributed by atoms with Crippen molar-refractivity contribution in [3.05, 3.63) is 23.3 Å². The number of carbonyl (C=O) groups is 1. The first-order valence-electron chi connectivity index (χ1n) is 10.4. The molecule has 3 saturated carbocycles. The number of methoxy groups -OCH3 is 1. The van der Waals surface area contributed by atoms with Crippen molar-refractivity contribution in [3.8, 4) is 11.5 Å². The lowest BCUT2D eigenvalue weighted by Gasteiger charge is -2.67. The SMILES string of the molecule is CO[C@H]1c2c(ccc(C(=O)N3CCOCC3)c2O)O[C@@H]2C[C@H]3C[C@H](C3(C)C)[C@@]21O. The van der Waals surface area contributed by atoms with E-state index in [1.165, 1.54) is 0 Å². The molecule has 2 N–H and O–H groups in total. The second-order valence-electron chi connectivity index (χ2n) is 9.43. The Balaban J connectivity index is 1.57. The second-order valence-corrected chi connectivity index (χ2v) is 9.43. The Kier molecular flexibility index (Phi) is 4.18. The first kappa shape index (κ1) is 19.2. The highest BCUT2D eigenvalue weighted by molar-refractivity contribution is 5.97. The Morgan fingerprint density at radius 1 is 1.24 bits per heavy atom. The number of aromatic hydroxyl groups is 1. The van der Waals surface area contributed by atoms with Gasteiger partial charge < -0.3 is 29.3 Å². The number of ether oxygens (including phenoxy) is 3. The molecule has 0 radical (unpaired) electrons. The summed E-state index contributed by atoms with van der Waals surface area (Å²) in [6.45, 7) is 6.31. The summed E-state index contributed by atoms with van der Waals surface area (Å²) in [5.41, 5.74) is -0.663. The molecule has 4 fully saturated rings. The number of nitrogens with zero attached hydrogens (tertiary/aromatic N) is 1. The van der Waals surface area contributed by atoms with Crippen LogP contribution in [0.5, 0.6) is 11.5 Å². The Bertz CT molecular complexity index is 848. The van der Waals surface area contributed by atoms with Crippen LogP contribution in [-0.2, 0) is 9.47 Å². The number of carbonyl (C=O) groups excluding carboxylic acids is 1. The zero-order valence-corrected chi connectivity index (χ0v) is 17.2. The van der Waals surface area contributed by atoms with Gasteiger partial charge in [0.15, 0.2) is 0 Å². The average Bonchev–Trinajstić information content (AvgIpc) is 2.72. The van der Waals surface area contributed by atoms with Gasteiger partial charge in [-0.3, -0.25) is 4.79 Å². The molecule has 2 aliphatic heterocycles. The number of hydrogen-bond donors (Lipinski definition) is 2. The molecule has 5 aliphatic rings. The molecule has 1 amide bonds. The molecule has 1 aromatic rings. The van der Waals surface area contributed by atoms with E-state index in [1.54, 1.807) is 24.1 Å². The molecule has 5 atom stereocenters. The Morgan fingerprint density at radius 3 is 2.62 bits per heavy atom. The fourth-order valence-electron chi connectivity index (χ4n) is 6.11. The van der Waals surface area contributed by atoms with E-state index < -0.39 is 11.7 Å². The molecule has 2 heterocycles. The van der Waals surface area contributed by atoms with Crippen molar-refractivity contribution in [1.82, 2.24) is 4.90 Å². The van der Waals surface area contributed by atoms with Gasteiger partial charge in [-0.15, -0.1) is 0 Å². The molecular weight excluding hydrogens is 374 g/mol. The number of morpholine rings is 1. The lowest BCUT2D eigenvalue weighted by atomic mass is 9.42. The number of amides is 1. The van der Waals surface area contributed by atoms with Gasteiger partial charge in [0.2, 0.25) is 0 Å². The second kappa shape index (κ2) is 6.33. The van der Waals surface area contributed by atoms with E-state index in [-0.39, 0.29) is 34.7 Å². The minimum absolute atomic E-state index is 0.00912. The minimum atomic E-state index is -1.24. The van der Waals surface area contributed by atoms with E-state index in [2.05, 4.69) is 13.8 Å². The number of fused-ring (bicyclic) bond motifs is 1. The van der Waals surface area contributed by atoms with Crippen LogP contribution in [-0.4, -0.2) is 66.1 Å². The summed E-state index contributed by atoms with van der Waals surface area (Å²) < 4.78 is 17.3. The van der Waals surface area contributed by atoms with Gasteiger partial charge in [0.05, 0.1) is 24.3 Å². The van der Waals surface area contributed by atoms with E-state index >= 15 is 0 Å². The Labute approximate surface area is 170 Å². The molecule has 0 unspecified atom stereocenters. The van der Waals surface area contributed by atoms with E-state index in [1.807, 2.05) is 0 Å². The summed E-state index contributed by atoms with van der Waals surface area (Å²) >= 11 is 0. The number of aliphatic hydroxyl groups is 1. The van der Waals surface area contributed by atoms with Crippen LogP contribution < -0.4 is 4.74 Å².